The summed E-state index contributed by atoms with van der Waals surface area (Å²) in [5.41, 5.74) is -0.570. The van der Waals surface area contributed by atoms with Gasteiger partial charge in [-0.25, -0.2) is 8.42 Å². The molecule has 0 aromatic rings. The molecule has 0 radical (unpaired) electrons. The molecule has 0 amide bonds. The lowest BCUT2D eigenvalue weighted by molar-refractivity contribution is -0.154. The van der Waals surface area contributed by atoms with Crippen LogP contribution < -0.4 is 4.72 Å². The number of hydrogen-bond donors (Lipinski definition) is 1. The zero-order valence-corrected chi connectivity index (χ0v) is 9.77. The van der Waals surface area contributed by atoms with Gasteiger partial charge in [0.2, 0.25) is 10.0 Å². The van der Waals surface area contributed by atoms with Crippen LogP contribution in [0.5, 0.6) is 0 Å². The highest BCUT2D eigenvalue weighted by Gasteiger charge is 2.26. The minimum atomic E-state index is -3.30. The van der Waals surface area contributed by atoms with E-state index in [2.05, 4.69) is 4.72 Å². The van der Waals surface area contributed by atoms with E-state index in [0.717, 1.165) is 6.26 Å². The van der Waals surface area contributed by atoms with Gasteiger partial charge >= 0.3 is 5.97 Å². The Bertz CT molecular complexity index is 294. The van der Waals surface area contributed by atoms with Crippen LogP contribution in [-0.4, -0.2) is 27.4 Å². The Hall–Kier alpha value is -0.620. The molecule has 0 fully saturated rings. The van der Waals surface area contributed by atoms with Crippen molar-refractivity contribution < 1.29 is 17.9 Å². The van der Waals surface area contributed by atoms with Crippen molar-refractivity contribution >= 4 is 16.0 Å². The molecule has 0 rings (SSSR count). The third-order valence-corrected chi connectivity index (χ3v) is 2.60. The van der Waals surface area contributed by atoms with Gasteiger partial charge in [0.1, 0.15) is 0 Å². The molecule has 0 atom stereocenters. The molecule has 1 N–H and O–H groups in total. The number of carbonyl (C=O) groups excluding carboxylic acids is 1. The van der Waals surface area contributed by atoms with Gasteiger partial charge in [-0.2, -0.15) is 4.72 Å². The standard InChI is InChI=1S/C8H17NO4S/c1-5-8(2,3)7(10)13-6-9-14(4,11)12/h9H,5-6H2,1-4H3. The van der Waals surface area contributed by atoms with Gasteiger partial charge in [-0.05, 0) is 20.3 Å². The van der Waals surface area contributed by atoms with Gasteiger partial charge in [0.25, 0.3) is 0 Å². The van der Waals surface area contributed by atoms with E-state index in [9.17, 15) is 13.2 Å². The van der Waals surface area contributed by atoms with Crippen LogP contribution in [0.1, 0.15) is 27.2 Å². The molecular weight excluding hydrogens is 206 g/mol. The first-order chi connectivity index (χ1) is 6.19. The van der Waals surface area contributed by atoms with E-state index in [1.54, 1.807) is 13.8 Å². The molecule has 0 spiro atoms. The predicted octanol–water partition coefficient (Wildman–Crippen LogP) is 0.473. The molecule has 0 aliphatic rings. The number of esters is 1. The topological polar surface area (TPSA) is 72.5 Å². The Labute approximate surface area is 84.9 Å². The molecule has 0 aromatic carbocycles. The van der Waals surface area contributed by atoms with Gasteiger partial charge in [0.15, 0.2) is 6.73 Å². The van der Waals surface area contributed by atoms with E-state index in [-0.39, 0.29) is 6.73 Å². The van der Waals surface area contributed by atoms with Crippen molar-refractivity contribution in [1.29, 1.82) is 0 Å². The maximum Gasteiger partial charge on any atom is 0.312 e. The number of hydrogen-bond acceptors (Lipinski definition) is 4. The molecule has 0 aromatic heterocycles. The summed E-state index contributed by atoms with van der Waals surface area (Å²) < 4.78 is 28.1. The second kappa shape index (κ2) is 4.75. The molecule has 0 saturated carbocycles. The van der Waals surface area contributed by atoms with Crippen LogP contribution in [0.3, 0.4) is 0 Å². The van der Waals surface area contributed by atoms with Crippen LogP contribution in [0.15, 0.2) is 0 Å². The SMILES string of the molecule is CCC(C)(C)C(=O)OCNS(C)(=O)=O. The van der Waals surface area contributed by atoms with Gasteiger partial charge in [-0.3, -0.25) is 4.79 Å². The Morgan fingerprint density at radius 1 is 1.43 bits per heavy atom. The highest BCUT2D eigenvalue weighted by Crippen LogP contribution is 2.20. The Kier molecular flexibility index (Phi) is 4.54. The third-order valence-electron chi connectivity index (χ3n) is 1.96. The van der Waals surface area contributed by atoms with Crippen molar-refractivity contribution in [3.8, 4) is 0 Å². The minimum Gasteiger partial charge on any atom is -0.448 e. The molecule has 84 valence electrons. The van der Waals surface area contributed by atoms with E-state index in [1.165, 1.54) is 0 Å². The maximum atomic E-state index is 11.3. The number of ether oxygens (including phenoxy) is 1. The van der Waals surface area contributed by atoms with Crippen LogP contribution in [0.2, 0.25) is 0 Å². The van der Waals surface area contributed by atoms with Crippen LogP contribution in [0.25, 0.3) is 0 Å². The fraction of sp³-hybridized carbons (Fsp3) is 0.875. The predicted molar refractivity (Wildman–Crippen MR) is 53.0 cm³/mol. The van der Waals surface area contributed by atoms with E-state index in [1.807, 2.05) is 6.92 Å². The largest absolute Gasteiger partial charge is 0.448 e. The first-order valence-electron chi connectivity index (χ1n) is 4.31. The smallest absolute Gasteiger partial charge is 0.312 e. The Morgan fingerprint density at radius 3 is 2.29 bits per heavy atom. The maximum absolute atomic E-state index is 11.3. The van der Waals surface area contributed by atoms with Gasteiger partial charge in [-0.15, -0.1) is 0 Å². The summed E-state index contributed by atoms with van der Waals surface area (Å²) in [7, 11) is -3.30. The van der Waals surface area contributed by atoms with Crippen molar-refractivity contribution in [1.82, 2.24) is 4.72 Å². The second-order valence-corrected chi connectivity index (χ2v) is 5.56. The molecule has 0 unspecified atom stereocenters. The van der Waals surface area contributed by atoms with Gasteiger partial charge in [0, 0.05) is 0 Å². The van der Waals surface area contributed by atoms with E-state index < -0.39 is 21.4 Å². The molecule has 0 aliphatic heterocycles. The average Bonchev–Trinajstić information content (AvgIpc) is 2.02. The summed E-state index contributed by atoms with van der Waals surface area (Å²) in [4.78, 5) is 11.3. The summed E-state index contributed by atoms with van der Waals surface area (Å²) in [6.45, 7) is 5.05. The summed E-state index contributed by atoms with van der Waals surface area (Å²) in [6.07, 6.45) is 1.65. The van der Waals surface area contributed by atoms with Crippen molar-refractivity contribution in [3.05, 3.63) is 0 Å². The van der Waals surface area contributed by atoms with E-state index in [4.69, 9.17) is 4.74 Å². The number of carbonyl (C=O) groups is 1. The number of rotatable bonds is 5. The number of sulfonamides is 1. The highest BCUT2D eigenvalue weighted by molar-refractivity contribution is 7.88. The summed E-state index contributed by atoms with van der Waals surface area (Å²) in [5, 5.41) is 0. The first-order valence-corrected chi connectivity index (χ1v) is 6.20. The van der Waals surface area contributed by atoms with Crippen LogP contribution in [0, 0.1) is 5.41 Å². The molecule has 5 nitrogen and oxygen atoms in total. The van der Waals surface area contributed by atoms with E-state index >= 15 is 0 Å². The fourth-order valence-corrected chi connectivity index (χ4v) is 0.815. The summed E-state index contributed by atoms with van der Waals surface area (Å²) >= 11 is 0. The second-order valence-electron chi connectivity index (χ2n) is 3.73. The van der Waals surface area contributed by atoms with Crippen molar-refractivity contribution in [2.24, 2.45) is 5.41 Å². The lowest BCUT2D eigenvalue weighted by Gasteiger charge is -2.20. The average molecular weight is 223 g/mol. The highest BCUT2D eigenvalue weighted by atomic mass is 32.2. The van der Waals surface area contributed by atoms with Crippen LogP contribution in [-0.2, 0) is 19.6 Å². The molecule has 6 heteroatoms. The Balaban J connectivity index is 3.99. The summed E-state index contributed by atoms with van der Waals surface area (Å²) in [6, 6.07) is 0. The van der Waals surface area contributed by atoms with Crippen LogP contribution >= 0.6 is 0 Å². The fourth-order valence-electron chi connectivity index (χ4n) is 0.542. The lowest BCUT2D eigenvalue weighted by atomic mass is 9.91. The summed E-state index contributed by atoms with van der Waals surface area (Å²) in [5.74, 6) is -0.406. The zero-order valence-electron chi connectivity index (χ0n) is 8.96. The van der Waals surface area contributed by atoms with Gasteiger partial charge in [-0.1, -0.05) is 6.92 Å². The van der Waals surface area contributed by atoms with Gasteiger partial charge in [0.05, 0.1) is 11.7 Å². The van der Waals surface area contributed by atoms with Crippen LogP contribution in [0.4, 0.5) is 0 Å². The van der Waals surface area contributed by atoms with Crippen molar-refractivity contribution in [2.45, 2.75) is 27.2 Å². The third kappa shape index (κ3) is 5.18. The first kappa shape index (κ1) is 13.4. The molecular formula is C8H17NO4S. The molecule has 0 bridgehead atoms. The number of nitrogens with one attached hydrogen (secondary N) is 1. The van der Waals surface area contributed by atoms with E-state index in [0.29, 0.717) is 6.42 Å². The molecule has 14 heavy (non-hydrogen) atoms. The van der Waals surface area contributed by atoms with Crippen molar-refractivity contribution in [3.63, 3.8) is 0 Å². The zero-order chi connectivity index (χ0) is 11.4. The molecule has 0 heterocycles. The quantitative estimate of drug-likeness (QED) is 0.543. The van der Waals surface area contributed by atoms with Crippen molar-refractivity contribution in [2.75, 3.05) is 13.0 Å². The normalized spacial score (nSPS) is 12.6. The van der Waals surface area contributed by atoms with Gasteiger partial charge < -0.3 is 4.74 Å². The monoisotopic (exact) mass is 223 g/mol. The minimum absolute atomic E-state index is 0.304. The molecule has 0 aliphatic carbocycles. The molecule has 0 saturated heterocycles. The lowest BCUT2D eigenvalue weighted by Crippen LogP contribution is -2.32. The Morgan fingerprint density at radius 2 is 1.93 bits per heavy atom.